The molecule has 1 fully saturated rings. The highest BCUT2D eigenvalue weighted by atomic mass is 32.2. The number of anilines is 1. The average molecular weight is 283 g/mol. The molecule has 5 nitrogen and oxygen atoms in total. The molecule has 1 aromatic rings. The first-order valence-corrected chi connectivity index (χ1v) is 8.00. The van der Waals surface area contributed by atoms with Gasteiger partial charge in [0.25, 0.3) is 10.0 Å². The minimum absolute atomic E-state index is 0.00164. The Morgan fingerprint density at radius 3 is 2.74 bits per heavy atom. The van der Waals surface area contributed by atoms with Crippen LogP contribution in [0, 0.1) is 5.41 Å². The van der Waals surface area contributed by atoms with Gasteiger partial charge in [-0.15, -0.1) is 0 Å². The van der Waals surface area contributed by atoms with Crippen molar-refractivity contribution in [1.82, 2.24) is 9.71 Å². The highest BCUT2D eigenvalue weighted by molar-refractivity contribution is 7.89. The van der Waals surface area contributed by atoms with Gasteiger partial charge in [0.15, 0.2) is 5.03 Å². The Balaban J connectivity index is 2.28. The maximum atomic E-state index is 12.4. The lowest BCUT2D eigenvalue weighted by Gasteiger charge is -2.27. The number of nitrogens with zero attached hydrogens (tertiary/aromatic N) is 1. The maximum Gasteiger partial charge on any atom is 0.260 e. The number of rotatable bonds is 4. The van der Waals surface area contributed by atoms with Crippen molar-refractivity contribution in [1.29, 1.82) is 0 Å². The first-order chi connectivity index (χ1) is 8.87. The summed E-state index contributed by atoms with van der Waals surface area (Å²) in [6.07, 6.45) is 4.48. The van der Waals surface area contributed by atoms with E-state index >= 15 is 0 Å². The highest BCUT2D eigenvalue weighted by Crippen LogP contribution is 2.38. The molecule has 6 heteroatoms. The van der Waals surface area contributed by atoms with Gasteiger partial charge in [-0.05, 0) is 30.4 Å². The minimum atomic E-state index is -3.58. The quantitative estimate of drug-likeness (QED) is 0.886. The van der Waals surface area contributed by atoms with E-state index in [4.69, 9.17) is 0 Å². The molecule has 1 heterocycles. The van der Waals surface area contributed by atoms with Gasteiger partial charge in [0.05, 0.1) is 5.69 Å². The molecule has 1 aliphatic carbocycles. The summed E-state index contributed by atoms with van der Waals surface area (Å²) in [5, 5.41) is 2.94. The smallest absolute Gasteiger partial charge is 0.260 e. The molecule has 0 spiro atoms. The third-order valence-corrected chi connectivity index (χ3v) is 5.28. The van der Waals surface area contributed by atoms with Crippen LogP contribution >= 0.6 is 0 Å². The topological polar surface area (TPSA) is 71.1 Å². The molecule has 0 radical (unpaired) electrons. The lowest BCUT2D eigenvalue weighted by Crippen LogP contribution is -2.41. The molecule has 2 rings (SSSR count). The van der Waals surface area contributed by atoms with E-state index in [1.807, 2.05) is 0 Å². The van der Waals surface area contributed by atoms with E-state index in [9.17, 15) is 8.42 Å². The van der Waals surface area contributed by atoms with Crippen LogP contribution in [0.15, 0.2) is 23.4 Å². The van der Waals surface area contributed by atoms with Gasteiger partial charge in [0.2, 0.25) is 0 Å². The lowest BCUT2D eigenvalue weighted by atomic mass is 9.88. The highest BCUT2D eigenvalue weighted by Gasteiger charge is 2.37. The summed E-state index contributed by atoms with van der Waals surface area (Å²) in [4.78, 5) is 4.00. The third-order valence-electron chi connectivity index (χ3n) is 3.85. The van der Waals surface area contributed by atoms with Crippen molar-refractivity contribution in [3.8, 4) is 0 Å². The van der Waals surface area contributed by atoms with Gasteiger partial charge >= 0.3 is 0 Å². The van der Waals surface area contributed by atoms with Crippen molar-refractivity contribution in [2.75, 3.05) is 12.4 Å². The number of sulfonamides is 1. The summed E-state index contributed by atoms with van der Waals surface area (Å²) < 4.78 is 27.7. The van der Waals surface area contributed by atoms with Crippen LogP contribution in [0.1, 0.15) is 33.1 Å². The molecule has 106 valence electrons. The molecule has 0 saturated heterocycles. The Kier molecular flexibility index (Phi) is 3.82. The maximum absolute atomic E-state index is 12.4. The van der Waals surface area contributed by atoms with E-state index in [0.29, 0.717) is 5.69 Å². The van der Waals surface area contributed by atoms with Crippen LogP contribution in [0.2, 0.25) is 0 Å². The molecule has 0 aromatic carbocycles. The summed E-state index contributed by atoms with van der Waals surface area (Å²) >= 11 is 0. The molecule has 1 aliphatic rings. The SMILES string of the molecule is CNc1cccnc1S(=O)(=O)NC1CCCC1(C)C. The number of pyridine rings is 1. The fraction of sp³-hybridized carbons (Fsp3) is 0.615. The molecule has 1 atom stereocenters. The van der Waals surface area contributed by atoms with Crippen molar-refractivity contribution in [2.24, 2.45) is 5.41 Å². The van der Waals surface area contributed by atoms with Crippen molar-refractivity contribution in [3.05, 3.63) is 18.3 Å². The number of nitrogens with one attached hydrogen (secondary N) is 2. The zero-order chi connectivity index (χ0) is 14.1. The van der Waals surface area contributed by atoms with Crippen molar-refractivity contribution < 1.29 is 8.42 Å². The fourth-order valence-electron chi connectivity index (χ4n) is 2.58. The molecule has 2 N–H and O–H groups in total. The van der Waals surface area contributed by atoms with Crippen LogP contribution in [-0.2, 0) is 10.0 Å². The van der Waals surface area contributed by atoms with Crippen molar-refractivity contribution >= 4 is 15.7 Å². The fourth-order valence-corrected chi connectivity index (χ4v) is 4.17. The van der Waals surface area contributed by atoms with Crippen LogP contribution in [-0.4, -0.2) is 26.5 Å². The van der Waals surface area contributed by atoms with Gasteiger partial charge in [-0.25, -0.2) is 18.1 Å². The van der Waals surface area contributed by atoms with Crippen LogP contribution in [0.5, 0.6) is 0 Å². The van der Waals surface area contributed by atoms with Crippen LogP contribution in [0.4, 0.5) is 5.69 Å². The molecule has 0 amide bonds. The minimum Gasteiger partial charge on any atom is -0.386 e. The summed E-state index contributed by atoms with van der Waals surface area (Å²) in [7, 11) is -1.89. The number of hydrogen-bond acceptors (Lipinski definition) is 4. The molecule has 0 aliphatic heterocycles. The molecular weight excluding hydrogens is 262 g/mol. The zero-order valence-corrected chi connectivity index (χ0v) is 12.4. The molecule has 0 bridgehead atoms. The Morgan fingerprint density at radius 2 is 2.16 bits per heavy atom. The Hall–Kier alpha value is -1.14. The molecule has 1 aromatic heterocycles. The Labute approximate surface area is 114 Å². The predicted molar refractivity (Wildman–Crippen MR) is 75.5 cm³/mol. The number of aromatic nitrogens is 1. The first-order valence-electron chi connectivity index (χ1n) is 6.52. The molecule has 1 unspecified atom stereocenters. The van der Waals surface area contributed by atoms with E-state index in [2.05, 4.69) is 28.9 Å². The van der Waals surface area contributed by atoms with E-state index in [1.54, 1.807) is 19.2 Å². The predicted octanol–water partition coefficient (Wildman–Crippen LogP) is 1.98. The van der Waals surface area contributed by atoms with Crippen LogP contribution < -0.4 is 10.0 Å². The second-order valence-corrected chi connectivity index (χ2v) is 7.29. The Morgan fingerprint density at radius 1 is 1.42 bits per heavy atom. The molecule has 1 saturated carbocycles. The zero-order valence-electron chi connectivity index (χ0n) is 11.6. The van der Waals surface area contributed by atoms with Crippen molar-refractivity contribution in [2.45, 2.75) is 44.2 Å². The summed E-state index contributed by atoms with van der Waals surface area (Å²) in [6, 6.07) is 3.40. The Bertz CT molecular complexity index is 555. The normalized spacial score (nSPS) is 22.4. The van der Waals surface area contributed by atoms with E-state index < -0.39 is 10.0 Å². The van der Waals surface area contributed by atoms with Gasteiger partial charge in [-0.1, -0.05) is 20.3 Å². The summed E-state index contributed by atoms with van der Waals surface area (Å²) in [6.45, 7) is 4.20. The lowest BCUT2D eigenvalue weighted by molar-refractivity contribution is 0.312. The largest absolute Gasteiger partial charge is 0.386 e. The molecular formula is C13H21N3O2S. The van der Waals surface area contributed by atoms with E-state index in [1.165, 1.54) is 6.20 Å². The van der Waals surface area contributed by atoms with E-state index in [0.717, 1.165) is 19.3 Å². The van der Waals surface area contributed by atoms with Gasteiger partial charge in [-0.3, -0.25) is 0 Å². The van der Waals surface area contributed by atoms with Crippen LogP contribution in [0.25, 0.3) is 0 Å². The van der Waals surface area contributed by atoms with Crippen molar-refractivity contribution in [3.63, 3.8) is 0 Å². The second kappa shape index (κ2) is 5.09. The monoisotopic (exact) mass is 283 g/mol. The van der Waals surface area contributed by atoms with E-state index in [-0.39, 0.29) is 16.5 Å². The third kappa shape index (κ3) is 2.90. The molecule has 19 heavy (non-hydrogen) atoms. The van der Waals surface area contributed by atoms with Gasteiger partial charge in [0.1, 0.15) is 0 Å². The summed E-state index contributed by atoms with van der Waals surface area (Å²) in [5.41, 5.74) is 0.521. The first kappa shape index (κ1) is 14.3. The van der Waals surface area contributed by atoms with Gasteiger partial charge < -0.3 is 5.32 Å². The van der Waals surface area contributed by atoms with Crippen LogP contribution in [0.3, 0.4) is 0 Å². The van der Waals surface area contributed by atoms with Gasteiger partial charge in [0, 0.05) is 19.3 Å². The standard InChI is InChI=1S/C13H21N3O2S/c1-13(2)8-4-7-11(13)16-19(17,18)12-10(14-3)6-5-9-15-12/h5-6,9,11,14,16H,4,7-8H2,1-3H3. The average Bonchev–Trinajstić information content (AvgIpc) is 2.68. The number of hydrogen-bond donors (Lipinski definition) is 2. The van der Waals surface area contributed by atoms with Gasteiger partial charge in [-0.2, -0.15) is 0 Å². The second-order valence-electron chi connectivity index (χ2n) is 5.66. The summed E-state index contributed by atoms with van der Waals surface area (Å²) in [5.74, 6) is 0.